The predicted molar refractivity (Wildman–Crippen MR) is 52.1 cm³/mol. The SMILES string of the molecule is CC(C)(C)OC(=O)N1CCC(Cl)C1. The second-order valence-corrected chi connectivity index (χ2v) is 4.93. The van der Waals surface area contributed by atoms with Crippen LogP contribution in [0.4, 0.5) is 4.79 Å². The van der Waals surface area contributed by atoms with E-state index in [9.17, 15) is 4.79 Å². The number of nitrogens with zero attached hydrogens (tertiary/aromatic N) is 1. The lowest BCUT2D eigenvalue weighted by Crippen LogP contribution is -2.35. The van der Waals surface area contributed by atoms with Gasteiger partial charge >= 0.3 is 6.09 Å². The van der Waals surface area contributed by atoms with Gasteiger partial charge in [0.15, 0.2) is 0 Å². The molecular weight excluding hydrogens is 190 g/mol. The van der Waals surface area contributed by atoms with Crippen LogP contribution in [0.3, 0.4) is 0 Å². The highest BCUT2D eigenvalue weighted by Gasteiger charge is 2.28. The molecule has 0 aromatic carbocycles. The Bertz CT molecular complexity index is 200. The summed E-state index contributed by atoms with van der Waals surface area (Å²) in [5.74, 6) is 0. The zero-order valence-corrected chi connectivity index (χ0v) is 9.10. The van der Waals surface area contributed by atoms with Crippen molar-refractivity contribution < 1.29 is 9.53 Å². The summed E-state index contributed by atoms with van der Waals surface area (Å²) in [6.07, 6.45) is 0.608. The maximum absolute atomic E-state index is 11.5. The van der Waals surface area contributed by atoms with Crippen molar-refractivity contribution in [3.05, 3.63) is 0 Å². The van der Waals surface area contributed by atoms with Gasteiger partial charge in [-0.2, -0.15) is 0 Å². The Hall–Kier alpha value is -0.440. The lowest BCUT2D eigenvalue weighted by atomic mass is 10.2. The zero-order valence-electron chi connectivity index (χ0n) is 8.34. The Morgan fingerprint density at radius 3 is 2.54 bits per heavy atom. The van der Waals surface area contributed by atoms with E-state index in [0.29, 0.717) is 13.1 Å². The molecule has 1 atom stereocenters. The maximum Gasteiger partial charge on any atom is 0.410 e. The lowest BCUT2D eigenvalue weighted by molar-refractivity contribution is 0.0295. The van der Waals surface area contributed by atoms with Gasteiger partial charge in [0.1, 0.15) is 5.60 Å². The molecule has 0 radical (unpaired) electrons. The maximum atomic E-state index is 11.5. The standard InChI is InChI=1S/C9H16ClNO2/c1-9(2,3)13-8(12)11-5-4-7(10)6-11/h7H,4-6H2,1-3H3. The average molecular weight is 206 g/mol. The molecule has 0 aliphatic carbocycles. The second kappa shape index (κ2) is 3.74. The summed E-state index contributed by atoms with van der Waals surface area (Å²) in [5, 5.41) is 0.0903. The normalized spacial score (nSPS) is 23.4. The molecular formula is C9H16ClNO2. The highest BCUT2D eigenvalue weighted by molar-refractivity contribution is 6.21. The molecule has 4 heteroatoms. The third-order valence-corrected chi connectivity index (χ3v) is 2.14. The van der Waals surface area contributed by atoms with Crippen molar-refractivity contribution in [3.8, 4) is 0 Å². The average Bonchev–Trinajstić information content (AvgIpc) is 2.31. The van der Waals surface area contributed by atoms with Crippen molar-refractivity contribution in [2.75, 3.05) is 13.1 Å². The van der Waals surface area contributed by atoms with E-state index in [-0.39, 0.29) is 11.5 Å². The van der Waals surface area contributed by atoms with E-state index >= 15 is 0 Å². The largest absolute Gasteiger partial charge is 0.444 e. The van der Waals surface area contributed by atoms with Gasteiger partial charge < -0.3 is 9.64 Å². The smallest absolute Gasteiger partial charge is 0.410 e. The van der Waals surface area contributed by atoms with E-state index in [1.807, 2.05) is 20.8 Å². The Kier molecular flexibility index (Phi) is 3.06. The topological polar surface area (TPSA) is 29.5 Å². The van der Waals surface area contributed by atoms with Crippen molar-refractivity contribution in [3.63, 3.8) is 0 Å². The molecule has 0 aromatic rings. The van der Waals surface area contributed by atoms with Gasteiger partial charge in [-0.1, -0.05) is 0 Å². The summed E-state index contributed by atoms with van der Waals surface area (Å²) in [6.45, 7) is 6.90. The monoisotopic (exact) mass is 205 g/mol. The summed E-state index contributed by atoms with van der Waals surface area (Å²) < 4.78 is 5.20. The van der Waals surface area contributed by atoms with Crippen molar-refractivity contribution in [1.82, 2.24) is 4.90 Å². The fraction of sp³-hybridized carbons (Fsp3) is 0.889. The minimum atomic E-state index is -0.415. The molecule has 1 heterocycles. The van der Waals surface area contributed by atoms with Gasteiger partial charge in [0.2, 0.25) is 0 Å². The first kappa shape index (κ1) is 10.6. The van der Waals surface area contributed by atoms with Crippen molar-refractivity contribution in [1.29, 1.82) is 0 Å². The van der Waals surface area contributed by atoms with E-state index in [4.69, 9.17) is 16.3 Å². The molecule has 1 aliphatic rings. The van der Waals surface area contributed by atoms with Crippen molar-refractivity contribution >= 4 is 17.7 Å². The fourth-order valence-corrected chi connectivity index (χ4v) is 1.47. The van der Waals surface area contributed by atoms with Gasteiger partial charge in [0, 0.05) is 13.1 Å². The Labute approximate surface area is 84.0 Å². The Balaban J connectivity index is 2.41. The summed E-state index contributed by atoms with van der Waals surface area (Å²) in [7, 11) is 0. The number of carbonyl (C=O) groups excluding carboxylic acids is 1. The van der Waals surface area contributed by atoms with Crippen molar-refractivity contribution in [2.24, 2.45) is 0 Å². The van der Waals surface area contributed by atoms with Gasteiger partial charge in [0.25, 0.3) is 0 Å². The highest BCUT2D eigenvalue weighted by Crippen LogP contribution is 2.17. The van der Waals surface area contributed by atoms with Crippen LogP contribution < -0.4 is 0 Å². The number of likely N-dealkylation sites (tertiary alicyclic amines) is 1. The molecule has 1 saturated heterocycles. The molecule has 1 aliphatic heterocycles. The molecule has 1 amide bonds. The highest BCUT2D eigenvalue weighted by atomic mass is 35.5. The number of ether oxygens (including phenoxy) is 1. The minimum absolute atomic E-state index is 0.0903. The number of hydrogen-bond donors (Lipinski definition) is 0. The molecule has 0 spiro atoms. The van der Waals surface area contributed by atoms with Gasteiger partial charge in [-0.25, -0.2) is 4.79 Å². The minimum Gasteiger partial charge on any atom is -0.444 e. The molecule has 3 nitrogen and oxygen atoms in total. The van der Waals surface area contributed by atoms with Gasteiger partial charge in [-0.05, 0) is 27.2 Å². The van der Waals surface area contributed by atoms with Gasteiger partial charge in [0.05, 0.1) is 5.38 Å². The van der Waals surface area contributed by atoms with Crippen LogP contribution in [0.1, 0.15) is 27.2 Å². The quantitative estimate of drug-likeness (QED) is 0.568. The van der Waals surface area contributed by atoms with Crippen LogP contribution in [0, 0.1) is 0 Å². The van der Waals surface area contributed by atoms with Crippen LogP contribution in [0.25, 0.3) is 0 Å². The second-order valence-electron chi connectivity index (χ2n) is 4.31. The van der Waals surface area contributed by atoms with E-state index < -0.39 is 5.60 Å². The first-order valence-electron chi connectivity index (χ1n) is 4.50. The molecule has 0 bridgehead atoms. The molecule has 13 heavy (non-hydrogen) atoms. The fourth-order valence-electron chi connectivity index (χ4n) is 1.21. The molecule has 1 unspecified atom stereocenters. The van der Waals surface area contributed by atoms with E-state index in [1.165, 1.54) is 0 Å². The van der Waals surface area contributed by atoms with Crippen LogP contribution in [0.5, 0.6) is 0 Å². The summed E-state index contributed by atoms with van der Waals surface area (Å²) in [4.78, 5) is 13.1. The van der Waals surface area contributed by atoms with Crippen LogP contribution >= 0.6 is 11.6 Å². The molecule has 1 rings (SSSR count). The molecule has 0 aromatic heterocycles. The van der Waals surface area contributed by atoms with Crippen LogP contribution in [-0.4, -0.2) is 35.1 Å². The van der Waals surface area contributed by atoms with E-state index in [0.717, 1.165) is 6.42 Å². The summed E-state index contributed by atoms with van der Waals surface area (Å²) in [6, 6.07) is 0. The number of halogens is 1. The zero-order chi connectivity index (χ0) is 10.1. The Morgan fingerprint density at radius 1 is 1.54 bits per heavy atom. The number of hydrogen-bond acceptors (Lipinski definition) is 2. The van der Waals surface area contributed by atoms with Crippen LogP contribution in [0.15, 0.2) is 0 Å². The third-order valence-electron chi connectivity index (χ3n) is 1.78. The third kappa shape index (κ3) is 3.43. The first-order valence-corrected chi connectivity index (χ1v) is 4.94. The van der Waals surface area contributed by atoms with Crippen LogP contribution in [0.2, 0.25) is 0 Å². The van der Waals surface area contributed by atoms with Gasteiger partial charge in [-0.3, -0.25) is 0 Å². The molecule has 1 fully saturated rings. The van der Waals surface area contributed by atoms with Crippen molar-refractivity contribution in [2.45, 2.75) is 38.2 Å². The molecule has 76 valence electrons. The number of carbonyl (C=O) groups is 1. The Morgan fingerprint density at radius 2 is 2.15 bits per heavy atom. The van der Waals surface area contributed by atoms with Crippen LogP contribution in [-0.2, 0) is 4.74 Å². The summed E-state index contributed by atoms with van der Waals surface area (Å²) >= 11 is 5.87. The first-order chi connectivity index (χ1) is 5.88. The predicted octanol–water partition coefficient (Wildman–Crippen LogP) is 2.23. The van der Waals surface area contributed by atoms with Gasteiger partial charge in [-0.15, -0.1) is 11.6 Å². The number of rotatable bonds is 0. The van der Waals surface area contributed by atoms with E-state index in [1.54, 1.807) is 4.90 Å². The number of alkyl halides is 1. The summed E-state index contributed by atoms with van der Waals surface area (Å²) in [5.41, 5.74) is -0.415. The molecule has 0 saturated carbocycles. The lowest BCUT2D eigenvalue weighted by Gasteiger charge is -2.24. The molecule has 0 N–H and O–H groups in total. The number of amides is 1. The van der Waals surface area contributed by atoms with E-state index in [2.05, 4.69) is 0 Å².